The largest absolute Gasteiger partial charge is 0.464 e. The van der Waals surface area contributed by atoms with E-state index in [0.29, 0.717) is 19.4 Å². The summed E-state index contributed by atoms with van der Waals surface area (Å²) >= 11 is 0. The summed E-state index contributed by atoms with van der Waals surface area (Å²) in [6, 6.07) is 16.4. The smallest absolute Gasteiger partial charge is 0.331 e. The number of likely N-dealkylation sites (tertiary alicyclic amines) is 1. The van der Waals surface area contributed by atoms with Crippen molar-refractivity contribution in [3.63, 3.8) is 0 Å². The monoisotopic (exact) mass is 356 g/mol. The fraction of sp³-hybridized carbons (Fsp3) is 0.381. The third-order valence-corrected chi connectivity index (χ3v) is 4.85. The molecule has 3 rings (SSSR count). The van der Waals surface area contributed by atoms with Gasteiger partial charge in [-0.2, -0.15) is 0 Å². The van der Waals surface area contributed by atoms with E-state index in [9.17, 15) is 9.18 Å². The fourth-order valence-corrected chi connectivity index (χ4v) is 3.39. The molecule has 2 aromatic rings. The van der Waals surface area contributed by atoms with Gasteiger partial charge in [0.15, 0.2) is 0 Å². The molecular weight excluding hydrogens is 331 g/mol. The molecule has 0 bridgehead atoms. The zero-order valence-corrected chi connectivity index (χ0v) is 15.1. The third kappa shape index (κ3) is 4.41. The molecule has 0 radical (unpaired) electrons. The van der Waals surface area contributed by atoms with Gasteiger partial charge in [0.05, 0.1) is 6.61 Å². The first kappa shape index (κ1) is 18.4. The Hall–Kier alpha value is -2.40. The van der Waals surface area contributed by atoms with E-state index in [2.05, 4.69) is 22.3 Å². The molecule has 5 heteroatoms. The van der Waals surface area contributed by atoms with Crippen LogP contribution in [0, 0.1) is 5.82 Å². The number of ether oxygens (including phenoxy) is 1. The molecule has 0 aliphatic carbocycles. The van der Waals surface area contributed by atoms with Crippen LogP contribution in [0.3, 0.4) is 0 Å². The van der Waals surface area contributed by atoms with Crippen molar-refractivity contribution in [1.29, 1.82) is 0 Å². The number of rotatable bonds is 6. The average molecular weight is 356 g/mol. The zero-order valence-electron chi connectivity index (χ0n) is 15.1. The maximum atomic E-state index is 13.2. The number of nitrogens with zero attached hydrogens (tertiary/aromatic N) is 1. The maximum Gasteiger partial charge on any atom is 0.331 e. The van der Waals surface area contributed by atoms with Gasteiger partial charge in [0.1, 0.15) is 11.4 Å². The number of hydrogen-bond acceptors (Lipinski definition) is 4. The van der Waals surface area contributed by atoms with Crippen molar-refractivity contribution in [3.05, 3.63) is 66.0 Å². The van der Waals surface area contributed by atoms with Gasteiger partial charge in [-0.15, -0.1) is 0 Å². The van der Waals surface area contributed by atoms with Crippen LogP contribution in [0.1, 0.15) is 25.3 Å². The molecule has 1 aliphatic rings. The number of benzene rings is 2. The summed E-state index contributed by atoms with van der Waals surface area (Å²) in [5.41, 5.74) is 1.24. The van der Waals surface area contributed by atoms with Crippen LogP contribution in [0.2, 0.25) is 0 Å². The van der Waals surface area contributed by atoms with Gasteiger partial charge in [0.25, 0.3) is 0 Å². The number of carbonyl (C=O) groups is 1. The second-order valence-electron chi connectivity index (χ2n) is 6.70. The van der Waals surface area contributed by atoms with Crippen LogP contribution in [-0.4, -0.2) is 36.1 Å². The van der Waals surface area contributed by atoms with Crippen LogP contribution in [0.25, 0.3) is 0 Å². The Balaban J connectivity index is 1.70. The second-order valence-corrected chi connectivity index (χ2v) is 6.70. The minimum Gasteiger partial charge on any atom is -0.464 e. The highest BCUT2D eigenvalue weighted by Gasteiger charge is 2.42. The highest BCUT2D eigenvalue weighted by molar-refractivity contribution is 5.84. The molecule has 0 spiro atoms. The number of carbonyl (C=O) groups excluding carboxylic acids is 1. The van der Waals surface area contributed by atoms with Gasteiger partial charge in [0, 0.05) is 25.3 Å². The molecule has 0 aromatic heterocycles. The Kier molecular flexibility index (Phi) is 5.89. The minimum absolute atomic E-state index is 0.233. The molecule has 4 nitrogen and oxygen atoms in total. The van der Waals surface area contributed by atoms with Crippen molar-refractivity contribution in [2.45, 2.75) is 31.8 Å². The van der Waals surface area contributed by atoms with Gasteiger partial charge < -0.3 is 10.1 Å². The summed E-state index contributed by atoms with van der Waals surface area (Å²) in [4.78, 5) is 15.0. The molecular formula is C21H25FN2O2. The van der Waals surface area contributed by atoms with E-state index >= 15 is 0 Å². The Morgan fingerprint density at radius 2 is 1.77 bits per heavy atom. The predicted molar refractivity (Wildman–Crippen MR) is 100 cm³/mol. The quantitative estimate of drug-likeness (QED) is 0.799. The summed E-state index contributed by atoms with van der Waals surface area (Å²) in [6.07, 6.45) is 1.30. The van der Waals surface area contributed by atoms with E-state index in [1.807, 2.05) is 25.1 Å². The summed E-state index contributed by atoms with van der Waals surface area (Å²) in [5.74, 6) is -0.526. The lowest BCUT2D eigenvalue weighted by Gasteiger charge is -2.41. The first-order chi connectivity index (χ1) is 12.6. The molecule has 2 aromatic carbocycles. The van der Waals surface area contributed by atoms with Crippen molar-refractivity contribution < 1.29 is 13.9 Å². The van der Waals surface area contributed by atoms with Gasteiger partial charge in [-0.25, -0.2) is 9.18 Å². The van der Waals surface area contributed by atoms with E-state index in [1.54, 1.807) is 12.1 Å². The van der Waals surface area contributed by atoms with Crippen LogP contribution in [0.5, 0.6) is 0 Å². The second kappa shape index (κ2) is 8.32. The Morgan fingerprint density at radius 3 is 2.38 bits per heavy atom. The standard InChI is InChI=1S/C21H25FN2O2/c1-2-26-20(25)21(23-19-10-8-18(22)9-11-19)12-14-24(15-13-21)16-17-6-4-3-5-7-17/h3-11,23H,2,12-16H2,1H3. The van der Waals surface area contributed by atoms with Crippen molar-refractivity contribution in [3.8, 4) is 0 Å². The summed E-state index contributed by atoms with van der Waals surface area (Å²) in [7, 11) is 0. The van der Waals surface area contributed by atoms with Gasteiger partial charge in [-0.3, -0.25) is 4.90 Å². The van der Waals surface area contributed by atoms with Gasteiger partial charge in [0.2, 0.25) is 0 Å². The normalized spacial score (nSPS) is 16.8. The summed E-state index contributed by atoms with van der Waals surface area (Å²) in [5, 5.41) is 3.32. The van der Waals surface area contributed by atoms with E-state index in [1.165, 1.54) is 17.7 Å². The highest BCUT2D eigenvalue weighted by Crippen LogP contribution is 2.29. The maximum absolute atomic E-state index is 13.2. The van der Waals surface area contributed by atoms with Crippen LogP contribution in [0.4, 0.5) is 10.1 Å². The zero-order chi connectivity index (χ0) is 18.4. The van der Waals surface area contributed by atoms with E-state index in [0.717, 1.165) is 25.3 Å². The Morgan fingerprint density at radius 1 is 1.12 bits per heavy atom. The fourth-order valence-electron chi connectivity index (χ4n) is 3.39. The number of esters is 1. The molecule has 0 saturated carbocycles. The topological polar surface area (TPSA) is 41.6 Å². The Bertz CT molecular complexity index is 711. The molecule has 1 fully saturated rings. The number of halogens is 1. The van der Waals surface area contributed by atoms with Gasteiger partial charge in [-0.1, -0.05) is 30.3 Å². The molecule has 138 valence electrons. The van der Waals surface area contributed by atoms with Crippen LogP contribution < -0.4 is 5.32 Å². The van der Waals surface area contributed by atoms with Gasteiger partial charge in [-0.05, 0) is 49.6 Å². The summed E-state index contributed by atoms with van der Waals surface area (Å²) < 4.78 is 18.5. The van der Waals surface area contributed by atoms with Crippen molar-refractivity contribution >= 4 is 11.7 Å². The SMILES string of the molecule is CCOC(=O)C1(Nc2ccc(F)cc2)CCN(Cc2ccccc2)CC1. The number of nitrogens with one attached hydrogen (secondary N) is 1. The van der Waals surface area contributed by atoms with Crippen molar-refractivity contribution in [2.75, 3.05) is 25.0 Å². The first-order valence-electron chi connectivity index (χ1n) is 9.08. The first-order valence-corrected chi connectivity index (χ1v) is 9.08. The molecule has 1 saturated heterocycles. The van der Waals surface area contributed by atoms with E-state index in [-0.39, 0.29) is 11.8 Å². The van der Waals surface area contributed by atoms with E-state index in [4.69, 9.17) is 4.74 Å². The molecule has 1 aliphatic heterocycles. The molecule has 0 amide bonds. The molecule has 1 heterocycles. The molecule has 26 heavy (non-hydrogen) atoms. The van der Waals surface area contributed by atoms with Crippen LogP contribution in [0.15, 0.2) is 54.6 Å². The lowest BCUT2D eigenvalue weighted by molar-refractivity contribution is -0.150. The van der Waals surface area contributed by atoms with E-state index < -0.39 is 5.54 Å². The molecule has 0 unspecified atom stereocenters. The Labute approximate surface area is 154 Å². The van der Waals surface area contributed by atoms with Crippen LogP contribution >= 0.6 is 0 Å². The molecule has 1 N–H and O–H groups in total. The highest BCUT2D eigenvalue weighted by atomic mass is 19.1. The minimum atomic E-state index is -0.763. The number of piperidine rings is 1. The van der Waals surface area contributed by atoms with Crippen LogP contribution in [-0.2, 0) is 16.1 Å². The van der Waals surface area contributed by atoms with Crippen molar-refractivity contribution in [2.24, 2.45) is 0 Å². The van der Waals surface area contributed by atoms with Gasteiger partial charge >= 0.3 is 5.97 Å². The predicted octanol–water partition coefficient (Wildman–Crippen LogP) is 3.84. The third-order valence-electron chi connectivity index (χ3n) is 4.85. The van der Waals surface area contributed by atoms with Crippen molar-refractivity contribution in [1.82, 2.24) is 4.90 Å². The lowest BCUT2D eigenvalue weighted by atomic mass is 9.86. The lowest BCUT2D eigenvalue weighted by Crippen LogP contribution is -2.55. The number of anilines is 1. The average Bonchev–Trinajstić information content (AvgIpc) is 2.66. The number of hydrogen-bond donors (Lipinski definition) is 1. The summed E-state index contributed by atoms with van der Waals surface area (Å²) in [6.45, 7) is 4.62. The molecule has 0 atom stereocenters.